The van der Waals surface area contributed by atoms with Crippen LogP contribution in [0.15, 0.2) is 6.07 Å². The minimum atomic E-state index is -0.116. The van der Waals surface area contributed by atoms with E-state index in [1.165, 1.54) is 0 Å². The summed E-state index contributed by atoms with van der Waals surface area (Å²) in [5.74, 6) is 0.842. The maximum atomic E-state index is 12.8. The number of carbonyl (C=O) groups is 2. The van der Waals surface area contributed by atoms with Crippen molar-refractivity contribution in [3.05, 3.63) is 17.5 Å². The molecule has 7 nitrogen and oxygen atoms in total. The van der Waals surface area contributed by atoms with Crippen LogP contribution in [-0.2, 0) is 11.2 Å². The van der Waals surface area contributed by atoms with E-state index < -0.39 is 0 Å². The fourth-order valence-corrected chi connectivity index (χ4v) is 3.78. The van der Waals surface area contributed by atoms with Gasteiger partial charge in [0.1, 0.15) is 5.69 Å². The van der Waals surface area contributed by atoms with Gasteiger partial charge in [0.2, 0.25) is 11.9 Å². The van der Waals surface area contributed by atoms with Gasteiger partial charge in [-0.05, 0) is 24.8 Å². The van der Waals surface area contributed by atoms with E-state index >= 15 is 0 Å². The van der Waals surface area contributed by atoms with Gasteiger partial charge in [0.15, 0.2) is 0 Å². The van der Waals surface area contributed by atoms with Crippen LogP contribution >= 0.6 is 0 Å². The minimum Gasteiger partial charge on any atom is -0.368 e. The van der Waals surface area contributed by atoms with E-state index in [9.17, 15) is 9.59 Å². The summed E-state index contributed by atoms with van der Waals surface area (Å²) in [6, 6.07) is 2.00. The van der Waals surface area contributed by atoms with Crippen molar-refractivity contribution in [2.75, 3.05) is 25.9 Å². The molecule has 2 atom stereocenters. The number of nitrogens with zero attached hydrogens (tertiary/aromatic N) is 4. The van der Waals surface area contributed by atoms with Crippen molar-refractivity contribution in [1.82, 2.24) is 19.8 Å². The molecule has 2 fully saturated rings. The molecule has 1 aromatic heterocycles. The lowest BCUT2D eigenvalue weighted by atomic mass is 9.92. The molecule has 2 aliphatic rings. The number of piperidine rings is 1. The number of nitrogen functional groups attached to an aromatic ring is 1. The van der Waals surface area contributed by atoms with Crippen LogP contribution in [0.2, 0.25) is 0 Å². The van der Waals surface area contributed by atoms with Gasteiger partial charge >= 0.3 is 0 Å². The molecule has 7 heteroatoms. The first kappa shape index (κ1) is 16.7. The van der Waals surface area contributed by atoms with Crippen LogP contribution in [0, 0.1) is 11.8 Å². The van der Waals surface area contributed by atoms with Gasteiger partial charge in [0, 0.05) is 44.2 Å². The molecule has 2 amide bonds. The molecule has 130 valence electrons. The van der Waals surface area contributed by atoms with Crippen molar-refractivity contribution in [1.29, 1.82) is 0 Å². The Morgan fingerprint density at radius 2 is 2.17 bits per heavy atom. The predicted octanol–water partition coefficient (Wildman–Crippen LogP) is 0.950. The van der Waals surface area contributed by atoms with Gasteiger partial charge in [-0.25, -0.2) is 9.97 Å². The van der Waals surface area contributed by atoms with Crippen molar-refractivity contribution >= 4 is 17.8 Å². The Morgan fingerprint density at radius 3 is 2.88 bits per heavy atom. The molecule has 2 saturated heterocycles. The number of likely N-dealkylation sites (tertiary alicyclic amines) is 2. The number of carbonyl (C=O) groups excluding carboxylic acids is 2. The average molecular weight is 331 g/mol. The highest BCUT2D eigenvalue weighted by Crippen LogP contribution is 2.31. The Morgan fingerprint density at radius 1 is 1.42 bits per heavy atom. The quantitative estimate of drug-likeness (QED) is 0.890. The van der Waals surface area contributed by atoms with Gasteiger partial charge in [-0.3, -0.25) is 9.59 Å². The molecule has 0 radical (unpaired) electrons. The maximum Gasteiger partial charge on any atom is 0.272 e. The number of hydrogen-bond donors (Lipinski definition) is 1. The summed E-state index contributed by atoms with van der Waals surface area (Å²) in [5, 5.41) is 0. The standard InChI is InChI=1S/C17H25N5O2/c1-10(2)6-12-8-13(20-17(18)19-12)16(24)22-5-4-14-11(9-22)7-15(23)21(14)3/h8,10-11,14H,4-7,9H2,1-3H3,(H2,18,19,20)/t11-,14+/m1/s1. The van der Waals surface area contributed by atoms with E-state index in [0.29, 0.717) is 31.1 Å². The number of anilines is 1. The third-order valence-corrected chi connectivity index (χ3v) is 4.94. The Labute approximate surface area is 142 Å². The molecule has 0 bridgehead atoms. The minimum absolute atomic E-state index is 0.116. The van der Waals surface area contributed by atoms with Crippen LogP contribution in [-0.4, -0.2) is 57.8 Å². The van der Waals surface area contributed by atoms with Gasteiger partial charge in [0.05, 0.1) is 0 Å². The van der Waals surface area contributed by atoms with Crippen LogP contribution in [0.3, 0.4) is 0 Å². The van der Waals surface area contributed by atoms with Crippen molar-refractivity contribution in [3.63, 3.8) is 0 Å². The first-order chi connectivity index (χ1) is 11.3. The third kappa shape index (κ3) is 3.20. The Bertz CT molecular complexity index is 660. The molecule has 2 N–H and O–H groups in total. The summed E-state index contributed by atoms with van der Waals surface area (Å²) >= 11 is 0. The molecule has 1 aromatic rings. The molecule has 0 unspecified atom stereocenters. The van der Waals surface area contributed by atoms with Crippen LogP contribution in [0.4, 0.5) is 5.95 Å². The number of rotatable bonds is 3. The normalized spacial score (nSPS) is 23.8. The summed E-state index contributed by atoms with van der Waals surface area (Å²) in [7, 11) is 1.85. The summed E-state index contributed by atoms with van der Waals surface area (Å²) in [6.45, 7) is 5.43. The van der Waals surface area contributed by atoms with Crippen LogP contribution < -0.4 is 5.73 Å². The lowest BCUT2D eigenvalue weighted by Crippen LogP contribution is -2.47. The SMILES string of the molecule is CC(C)Cc1cc(C(=O)N2CC[C@H]3[C@H](CC(=O)N3C)C2)nc(N)n1. The number of amides is 2. The second kappa shape index (κ2) is 6.37. The molecular weight excluding hydrogens is 306 g/mol. The highest BCUT2D eigenvalue weighted by molar-refractivity contribution is 5.93. The molecule has 0 aromatic carbocycles. The first-order valence-electron chi connectivity index (χ1n) is 8.53. The highest BCUT2D eigenvalue weighted by Gasteiger charge is 2.42. The van der Waals surface area contributed by atoms with Crippen molar-refractivity contribution in [3.8, 4) is 0 Å². The van der Waals surface area contributed by atoms with Gasteiger partial charge in [-0.15, -0.1) is 0 Å². The average Bonchev–Trinajstić information content (AvgIpc) is 2.79. The lowest BCUT2D eigenvalue weighted by molar-refractivity contribution is -0.127. The topological polar surface area (TPSA) is 92.4 Å². The molecule has 3 heterocycles. The van der Waals surface area contributed by atoms with Gasteiger partial charge in [0.25, 0.3) is 5.91 Å². The Balaban J connectivity index is 1.75. The second-order valence-electron chi connectivity index (χ2n) is 7.28. The summed E-state index contributed by atoms with van der Waals surface area (Å²) in [6.07, 6.45) is 2.10. The third-order valence-electron chi connectivity index (χ3n) is 4.94. The molecular formula is C17H25N5O2. The number of fused-ring (bicyclic) bond motifs is 1. The van der Waals surface area contributed by atoms with E-state index in [0.717, 1.165) is 18.5 Å². The van der Waals surface area contributed by atoms with Crippen LogP contribution in [0.1, 0.15) is 42.9 Å². The maximum absolute atomic E-state index is 12.8. The zero-order valence-electron chi connectivity index (χ0n) is 14.5. The summed E-state index contributed by atoms with van der Waals surface area (Å²) in [4.78, 5) is 36.7. The molecule has 0 spiro atoms. The van der Waals surface area contributed by atoms with E-state index in [2.05, 4.69) is 23.8 Å². The molecule has 24 heavy (non-hydrogen) atoms. The largest absolute Gasteiger partial charge is 0.368 e. The van der Waals surface area contributed by atoms with Crippen molar-refractivity contribution in [2.24, 2.45) is 11.8 Å². The molecule has 3 rings (SSSR count). The van der Waals surface area contributed by atoms with E-state index in [1.807, 2.05) is 11.9 Å². The summed E-state index contributed by atoms with van der Waals surface area (Å²) < 4.78 is 0. The van der Waals surface area contributed by atoms with Gasteiger partial charge in [-0.1, -0.05) is 13.8 Å². The molecule has 2 aliphatic heterocycles. The first-order valence-corrected chi connectivity index (χ1v) is 8.53. The molecule has 0 aliphatic carbocycles. The predicted molar refractivity (Wildman–Crippen MR) is 90.2 cm³/mol. The van der Waals surface area contributed by atoms with Gasteiger partial charge < -0.3 is 15.5 Å². The molecule has 0 saturated carbocycles. The number of hydrogen-bond acceptors (Lipinski definition) is 5. The number of nitrogens with two attached hydrogens (primary N) is 1. The Hall–Kier alpha value is -2.18. The monoisotopic (exact) mass is 331 g/mol. The fourth-order valence-electron chi connectivity index (χ4n) is 3.78. The van der Waals surface area contributed by atoms with Crippen molar-refractivity contribution in [2.45, 2.75) is 39.2 Å². The van der Waals surface area contributed by atoms with E-state index in [1.54, 1.807) is 11.0 Å². The summed E-state index contributed by atoms with van der Waals surface area (Å²) in [5.41, 5.74) is 6.93. The zero-order chi connectivity index (χ0) is 17.4. The van der Waals surface area contributed by atoms with Crippen LogP contribution in [0.5, 0.6) is 0 Å². The number of aromatic nitrogens is 2. The van der Waals surface area contributed by atoms with Gasteiger partial charge in [-0.2, -0.15) is 0 Å². The second-order valence-corrected chi connectivity index (χ2v) is 7.28. The Kier molecular flexibility index (Phi) is 4.43. The van der Waals surface area contributed by atoms with Crippen molar-refractivity contribution < 1.29 is 9.59 Å². The fraction of sp³-hybridized carbons (Fsp3) is 0.647. The highest BCUT2D eigenvalue weighted by atomic mass is 16.2. The smallest absolute Gasteiger partial charge is 0.272 e. The van der Waals surface area contributed by atoms with Crippen LogP contribution in [0.25, 0.3) is 0 Å². The lowest BCUT2D eigenvalue weighted by Gasteiger charge is -2.36. The zero-order valence-corrected chi connectivity index (χ0v) is 14.5. The van der Waals surface area contributed by atoms with E-state index in [4.69, 9.17) is 5.73 Å². The van der Waals surface area contributed by atoms with E-state index in [-0.39, 0.29) is 29.7 Å².